The molecule has 1 saturated carbocycles. The molecule has 0 radical (unpaired) electrons. The molecule has 1 aliphatic heterocycles. The fourth-order valence-electron chi connectivity index (χ4n) is 3.59. The standard InChI is InChI=1S/C20H22F3N5O2/c1-9-17-18(28(3)10(2)19(29)26-17)27-20(25-9)24-8-11-4-12(5-11)30-13-6-14(21)16(23)15(22)7-13/h6-7,10-12H,4-5,8H2,1-3H3,(H,26,29)(H,24,25,27)/t10-,11-,12+/m0/s1. The van der Waals surface area contributed by atoms with E-state index in [-0.39, 0.29) is 29.7 Å². The van der Waals surface area contributed by atoms with E-state index in [9.17, 15) is 18.0 Å². The highest BCUT2D eigenvalue weighted by molar-refractivity contribution is 6.03. The van der Waals surface area contributed by atoms with Gasteiger partial charge in [-0.1, -0.05) is 0 Å². The molecule has 0 bridgehead atoms. The molecule has 2 N–H and O–H groups in total. The number of halogens is 3. The van der Waals surface area contributed by atoms with E-state index in [1.54, 1.807) is 6.92 Å². The number of rotatable bonds is 5. The average Bonchev–Trinajstić information content (AvgIpc) is 2.67. The van der Waals surface area contributed by atoms with Gasteiger partial charge in [-0.25, -0.2) is 18.2 Å². The molecular formula is C20H22F3N5O2. The maximum Gasteiger partial charge on any atom is 0.246 e. The minimum absolute atomic E-state index is 0.0179. The number of aryl methyl sites for hydroxylation is 1. The molecular weight excluding hydrogens is 399 g/mol. The van der Waals surface area contributed by atoms with Crippen LogP contribution in [-0.4, -0.2) is 41.6 Å². The maximum absolute atomic E-state index is 13.3. The van der Waals surface area contributed by atoms with Gasteiger partial charge in [-0.2, -0.15) is 4.98 Å². The van der Waals surface area contributed by atoms with Crippen LogP contribution in [0.3, 0.4) is 0 Å². The van der Waals surface area contributed by atoms with Crippen molar-refractivity contribution in [3.8, 4) is 5.75 Å². The Morgan fingerprint density at radius 3 is 2.57 bits per heavy atom. The molecule has 10 heteroatoms. The van der Waals surface area contributed by atoms with E-state index in [2.05, 4.69) is 20.6 Å². The molecule has 2 heterocycles. The first-order valence-electron chi connectivity index (χ1n) is 9.70. The summed E-state index contributed by atoms with van der Waals surface area (Å²) in [7, 11) is 1.81. The molecule has 0 saturated heterocycles. The fourth-order valence-corrected chi connectivity index (χ4v) is 3.59. The third-order valence-corrected chi connectivity index (χ3v) is 5.61. The van der Waals surface area contributed by atoms with E-state index < -0.39 is 17.5 Å². The first kappa shape index (κ1) is 20.2. The molecule has 1 fully saturated rings. The van der Waals surface area contributed by atoms with Crippen LogP contribution < -0.4 is 20.3 Å². The van der Waals surface area contributed by atoms with Crippen LogP contribution in [0.25, 0.3) is 0 Å². The first-order valence-corrected chi connectivity index (χ1v) is 9.70. The van der Waals surface area contributed by atoms with Crippen molar-refractivity contribution >= 4 is 23.4 Å². The van der Waals surface area contributed by atoms with Gasteiger partial charge in [0.05, 0.1) is 11.8 Å². The second-order valence-corrected chi connectivity index (χ2v) is 7.77. The quantitative estimate of drug-likeness (QED) is 0.722. The Labute approximate surface area is 171 Å². The lowest BCUT2D eigenvalue weighted by Crippen LogP contribution is -2.45. The predicted molar refractivity (Wildman–Crippen MR) is 105 cm³/mol. The highest BCUT2D eigenvalue weighted by Crippen LogP contribution is 2.34. The van der Waals surface area contributed by atoms with Gasteiger partial charge in [-0.15, -0.1) is 0 Å². The Morgan fingerprint density at radius 2 is 1.90 bits per heavy atom. The van der Waals surface area contributed by atoms with Crippen molar-refractivity contribution in [1.29, 1.82) is 0 Å². The molecule has 4 rings (SSSR count). The van der Waals surface area contributed by atoms with E-state index in [1.165, 1.54) is 0 Å². The molecule has 0 unspecified atom stereocenters. The number of nitrogens with one attached hydrogen (secondary N) is 2. The number of carbonyl (C=O) groups excluding carboxylic acids is 1. The van der Waals surface area contributed by atoms with Crippen molar-refractivity contribution in [2.75, 3.05) is 29.1 Å². The van der Waals surface area contributed by atoms with Crippen molar-refractivity contribution in [2.24, 2.45) is 5.92 Å². The lowest BCUT2D eigenvalue weighted by molar-refractivity contribution is -0.117. The van der Waals surface area contributed by atoms with Crippen molar-refractivity contribution < 1.29 is 22.7 Å². The molecule has 1 amide bonds. The lowest BCUT2D eigenvalue weighted by atomic mass is 9.82. The van der Waals surface area contributed by atoms with Crippen LogP contribution in [0.15, 0.2) is 12.1 Å². The highest BCUT2D eigenvalue weighted by Gasteiger charge is 2.32. The van der Waals surface area contributed by atoms with Crippen LogP contribution in [0.1, 0.15) is 25.5 Å². The molecule has 1 aromatic carbocycles. The van der Waals surface area contributed by atoms with Gasteiger partial charge >= 0.3 is 0 Å². The lowest BCUT2D eigenvalue weighted by Gasteiger charge is -2.36. The number of amides is 1. The number of fused-ring (bicyclic) bond motifs is 1. The summed E-state index contributed by atoms with van der Waals surface area (Å²) >= 11 is 0. The molecule has 1 atom stereocenters. The molecule has 1 aliphatic carbocycles. The molecule has 1 aromatic heterocycles. The van der Waals surface area contributed by atoms with Gasteiger partial charge in [0.15, 0.2) is 23.3 Å². The minimum atomic E-state index is -1.50. The van der Waals surface area contributed by atoms with E-state index in [1.807, 2.05) is 18.9 Å². The molecule has 160 valence electrons. The summed E-state index contributed by atoms with van der Waals surface area (Å²) in [6.07, 6.45) is 1.18. The average molecular weight is 421 g/mol. The number of anilines is 3. The third kappa shape index (κ3) is 3.73. The first-order chi connectivity index (χ1) is 14.2. The Kier molecular flexibility index (Phi) is 5.17. The number of carbonyl (C=O) groups is 1. The number of likely N-dealkylation sites (N-methyl/N-ethyl adjacent to an activating group) is 1. The number of aromatic nitrogens is 2. The summed E-state index contributed by atoms with van der Waals surface area (Å²) in [6, 6.07) is 1.37. The Hall–Kier alpha value is -3.04. The van der Waals surface area contributed by atoms with Gasteiger partial charge in [0, 0.05) is 25.7 Å². The van der Waals surface area contributed by atoms with Crippen molar-refractivity contribution in [2.45, 2.75) is 38.8 Å². The Morgan fingerprint density at radius 1 is 1.23 bits per heavy atom. The summed E-state index contributed by atoms with van der Waals surface area (Å²) in [5.74, 6) is -2.74. The van der Waals surface area contributed by atoms with Gasteiger partial charge in [0.2, 0.25) is 11.9 Å². The van der Waals surface area contributed by atoms with Gasteiger partial charge in [0.25, 0.3) is 0 Å². The van der Waals surface area contributed by atoms with Crippen molar-refractivity contribution in [1.82, 2.24) is 9.97 Å². The minimum Gasteiger partial charge on any atom is -0.490 e. The van der Waals surface area contributed by atoms with Crippen LogP contribution >= 0.6 is 0 Å². The van der Waals surface area contributed by atoms with Crippen LogP contribution in [0.2, 0.25) is 0 Å². The van der Waals surface area contributed by atoms with E-state index in [4.69, 9.17) is 4.74 Å². The van der Waals surface area contributed by atoms with Gasteiger partial charge in [-0.3, -0.25) is 4.79 Å². The number of benzene rings is 1. The number of nitrogens with zero attached hydrogens (tertiary/aromatic N) is 3. The molecule has 0 spiro atoms. The molecule has 30 heavy (non-hydrogen) atoms. The van der Waals surface area contributed by atoms with Gasteiger partial charge < -0.3 is 20.3 Å². The summed E-state index contributed by atoms with van der Waals surface area (Å²) in [5.41, 5.74) is 1.28. The largest absolute Gasteiger partial charge is 0.490 e. The van der Waals surface area contributed by atoms with Gasteiger partial charge in [0.1, 0.15) is 17.5 Å². The normalized spacial score (nSPS) is 22.8. The monoisotopic (exact) mass is 421 g/mol. The predicted octanol–water partition coefficient (Wildman–Crippen LogP) is 3.25. The van der Waals surface area contributed by atoms with E-state index >= 15 is 0 Å². The molecule has 2 aliphatic rings. The third-order valence-electron chi connectivity index (χ3n) is 5.61. The number of ether oxygens (including phenoxy) is 1. The Balaban J connectivity index is 1.33. The Bertz CT molecular complexity index is 974. The van der Waals surface area contributed by atoms with Crippen LogP contribution in [0.4, 0.5) is 30.6 Å². The summed E-state index contributed by atoms with van der Waals surface area (Å²) < 4.78 is 45.1. The topological polar surface area (TPSA) is 79.4 Å². The second kappa shape index (κ2) is 7.66. The number of hydrogen-bond acceptors (Lipinski definition) is 6. The smallest absolute Gasteiger partial charge is 0.246 e. The summed E-state index contributed by atoms with van der Waals surface area (Å²) in [6.45, 7) is 4.22. The highest BCUT2D eigenvalue weighted by atomic mass is 19.2. The maximum atomic E-state index is 13.3. The fraction of sp³-hybridized carbons (Fsp3) is 0.450. The zero-order chi connectivity index (χ0) is 21.6. The van der Waals surface area contributed by atoms with Gasteiger partial charge in [-0.05, 0) is 32.6 Å². The van der Waals surface area contributed by atoms with E-state index in [0.717, 1.165) is 12.1 Å². The van der Waals surface area contributed by atoms with Crippen LogP contribution in [0, 0.1) is 30.3 Å². The summed E-state index contributed by atoms with van der Waals surface area (Å²) in [4.78, 5) is 22.7. The SMILES string of the molecule is Cc1nc(NC[C@H]2C[C@@H](Oc3cc(F)c(F)c(F)c3)C2)nc2c1NC(=O)[C@H](C)N2C. The van der Waals surface area contributed by atoms with Crippen molar-refractivity contribution in [3.05, 3.63) is 35.3 Å². The van der Waals surface area contributed by atoms with Crippen LogP contribution in [-0.2, 0) is 4.79 Å². The molecule has 2 aromatic rings. The number of hydrogen-bond donors (Lipinski definition) is 2. The molecule has 7 nitrogen and oxygen atoms in total. The van der Waals surface area contributed by atoms with Crippen LogP contribution in [0.5, 0.6) is 5.75 Å². The zero-order valence-corrected chi connectivity index (χ0v) is 16.8. The zero-order valence-electron chi connectivity index (χ0n) is 16.8. The van der Waals surface area contributed by atoms with E-state index in [0.29, 0.717) is 42.5 Å². The van der Waals surface area contributed by atoms with Crippen molar-refractivity contribution in [3.63, 3.8) is 0 Å². The summed E-state index contributed by atoms with van der Waals surface area (Å²) in [5, 5.41) is 6.04. The second-order valence-electron chi connectivity index (χ2n) is 7.77.